The van der Waals surface area contributed by atoms with Crippen LogP contribution in [0.5, 0.6) is 0 Å². The lowest BCUT2D eigenvalue weighted by atomic mass is 10.5. The summed E-state index contributed by atoms with van der Waals surface area (Å²) in [6.45, 7) is 0. The molecular formula is C8H5F3N4. The molecule has 0 spiro atoms. The molecule has 0 bridgehead atoms. The molecule has 0 amide bonds. The van der Waals surface area contributed by atoms with Gasteiger partial charge in [0.1, 0.15) is 0 Å². The van der Waals surface area contributed by atoms with Crippen molar-refractivity contribution in [3.05, 3.63) is 36.5 Å². The lowest BCUT2D eigenvalue weighted by Gasteiger charge is -2.05. The molecule has 0 saturated heterocycles. The Hall–Kier alpha value is -1.92. The second-order valence-corrected chi connectivity index (χ2v) is 2.69. The minimum Gasteiger partial charge on any atom is -0.233 e. The topological polar surface area (TPSA) is 43.6 Å². The molecule has 0 aromatic carbocycles. The molecule has 0 fully saturated rings. The van der Waals surface area contributed by atoms with Gasteiger partial charge in [-0.15, -0.1) is 0 Å². The van der Waals surface area contributed by atoms with Crippen LogP contribution in [0.1, 0.15) is 5.82 Å². The summed E-state index contributed by atoms with van der Waals surface area (Å²) in [7, 11) is 0. The van der Waals surface area contributed by atoms with Crippen LogP contribution in [0.15, 0.2) is 30.7 Å². The number of nitrogens with zero attached hydrogens (tertiary/aromatic N) is 4. The Morgan fingerprint density at radius 2 is 2.00 bits per heavy atom. The molecule has 0 unspecified atom stereocenters. The third kappa shape index (κ3) is 1.95. The van der Waals surface area contributed by atoms with Crippen LogP contribution in [0, 0.1) is 0 Å². The fraction of sp³-hybridized carbons (Fsp3) is 0.125. The van der Waals surface area contributed by atoms with E-state index < -0.39 is 12.0 Å². The summed E-state index contributed by atoms with van der Waals surface area (Å²) >= 11 is 0. The number of rotatable bonds is 1. The van der Waals surface area contributed by atoms with Gasteiger partial charge in [-0.2, -0.15) is 18.3 Å². The maximum absolute atomic E-state index is 12.3. The quantitative estimate of drug-likeness (QED) is 0.725. The van der Waals surface area contributed by atoms with Crippen LogP contribution in [0.3, 0.4) is 0 Å². The molecule has 2 rings (SSSR count). The van der Waals surface area contributed by atoms with Crippen molar-refractivity contribution < 1.29 is 13.2 Å². The summed E-state index contributed by atoms with van der Waals surface area (Å²) in [6.07, 6.45) is -0.534. The summed E-state index contributed by atoms with van der Waals surface area (Å²) in [6, 6.07) is 2.94. The Kier molecular flexibility index (Phi) is 2.14. The van der Waals surface area contributed by atoms with Crippen LogP contribution in [0.2, 0.25) is 0 Å². The van der Waals surface area contributed by atoms with Gasteiger partial charge in [0.2, 0.25) is 5.82 Å². The number of alkyl halides is 3. The standard InChI is InChI=1S/C8H5F3N4/c9-8(10,11)7-12-4-2-6(14-7)15-5-1-3-13-15/h1-5H. The molecular weight excluding hydrogens is 209 g/mol. The predicted molar refractivity (Wildman–Crippen MR) is 44.2 cm³/mol. The molecule has 2 heterocycles. The largest absolute Gasteiger partial charge is 0.451 e. The number of hydrogen-bond acceptors (Lipinski definition) is 3. The first kappa shape index (κ1) is 9.63. The highest BCUT2D eigenvalue weighted by Crippen LogP contribution is 2.25. The maximum Gasteiger partial charge on any atom is 0.451 e. The molecule has 7 heteroatoms. The van der Waals surface area contributed by atoms with Crippen LogP contribution in [0.4, 0.5) is 13.2 Å². The van der Waals surface area contributed by atoms with E-state index in [1.165, 1.54) is 23.1 Å². The fourth-order valence-corrected chi connectivity index (χ4v) is 1.02. The van der Waals surface area contributed by atoms with Crippen LogP contribution in [0.25, 0.3) is 5.82 Å². The first-order chi connectivity index (χ1) is 7.07. The van der Waals surface area contributed by atoms with E-state index in [4.69, 9.17) is 0 Å². The monoisotopic (exact) mass is 214 g/mol. The van der Waals surface area contributed by atoms with Crippen LogP contribution >= 0.6 is 0 Å². The lowest BCUT2D eigenvalue weighted by Crippen LogP contribution is -2.12. The minimum atomic E-state index is -4.54. The summed E-state index contributed by atoms with van der Waals surface area (Å²) < 4.78 is 38.0. The van der Waals surface area contributed by atoms with Crippen molar-refractivity contribution in [2.24, 2.45) is 0 Å². The van der Waals surface area contributed by atoms with Gasteiger partial charge in [-0.25, -0.2) is 14.6 Å². The van der Waals surface area contributed by atoms with Gasteiger partial charge in [0.05, 0.1) is 0 Å². The smallest absolute Gasteiger partial charge is 0.233 e. The average Bonchev–Trinajstić information content (AvgIpc) is 2.69. The van der Waals surface area contributed by atoms with Crippen molar-refractivity contribution >= 4 is 0 Å². The zero-order valence-corrected chi connectivity index (χ0v) is 7.31. The minimum absolute atomic E-state index is 0.0855. The summed E-state index contributed by atoms with van der Waals surface area (Å²) in [5.41, 5.74) is 0. The highest BCUT2D eigenvalue weighted by molar-refractivity contribution is 5.19. The molecule has 0 N–H and O–H groups in total. The molecule has 2 aromatic rings. The zero-order valence-electron chi connectivity index (χ0n) is 7.31. The normalized spacial score (nSPS) is 11.7. The third-order valence-electron chi connectivity index (χ3n) is 1.63. The van der Waals surface area contributed by atoms with Crippen molar-refractivity contribution in [2.45, 2.75) is 6.18 Å². The van der Waals surface area contributed by atoms with Crippen molar-refractivity contribution in [1.82, 2.24) is 19.7 Å². The van der Waals surface area contributed by atoms with E-state index in [-0.39, 0.29) is 5.82 Å². The number of aromatic nitrogens is 4. The second-order valence-electron chi connectivity index (χ2n) is 2.69. The van der Waals surface area contributed by atoms with E-state index in [1.807, 2.05) is 0 Å². The zero-order chi connectivity index (χ0) is 10.9. The van der Waals surface area contributed by atoms with E-state index in [2.05, 4.69) is 15.1 Å². The molecule has 2 aromatic heterocycles. The Morgan fingerprint density at radius 1 is 1.20 bits per heavy atom. The summed E-state index contributed by atoms with van der Waals surface area (Å²) in [5, 5.41) is 3.77. The highest BCUT2D eigenvalue weighted by Gasteiger charge is 2.34. The van der Waals surface area contributed by atoms with Gasteiger partial charge in [0.15, 0.2) is 5.82 Å². The molecule has 0 aliphatic rings. The van der Waals surface area contributed by atoms with Gasteiger partial charge in [-0.3, -0.25) is 0 Å². The van der Waals surface area contributed by atoms with Crippen molar-refractivity contribution in [3.63, 3.8) is 0 Å². The Balaban J connectivity index is 2.44. The SMILES string of the molecule is FC(F)(F)c1nccc(-n2cccn2)n1. The van der Waals surface area contributed by atoms with Gasteiger partial charge >= 0.3 is 6.18 Å². The molecule has 0 aliphatic heterocycles. The maximum atomic E-state index is 12.3. The predicted octanol–water partition coefficient (Wildman–Crippen LogP) is 1.68. The van der Waals surface area contributed by atoms with Crippen molar-refractivity contribution in [1.29, 1.82) is 0 Å². The first-order valence-corrected chi connectivity index (χ1v) is 3.97. The Bertz CT molecular complexity index is 449. The van der Waals surface area contributed by atoms with Gasteiger partial charge in [0, 0.05) is 24.7 Å². The first-order valence-electron chi connectivity index (χ1n) is 3.97. The van der Waals surface area contributed by atoms with Gasteiger partial charge in [-0.1, -0.05) is 0 Å². The van der Waals surface area contributed by atoms with Crippen molar-refractivity contribution in [2.75, 3.05) is 0 Å². The van der Waals surface area contributed by atoms with Crippen LogP contribution in [-0.2, 0) is 6.18 Å². The van der Waals surface area contributed by atoms with Crippen molar-refractivity contribution in [3.8, 4) is 5.82 Å². The molecule has 78 valence electrons. The molecule has 15 heavy (non-hydrogen) atoms. The third-order valence-corrected chi connectivity index (χ3v) is 1.63. The second kappa shape index (κ2) is 3.34. The van der Waals surface area contributed by atoms with E-state index in [1.54, 1.807) is 6.07 Å². The molecule has 0 aliphatic carbocycles. The highest BCUT2D eigenvalue weighted by atomic mass is 19.4. The molecule has 0 saturated carbocycles. The van der Waals surface area contributed by atoms with E-state index in [0.29, 0.717) is 0 Å². The fourth-order valence-electron chi connectivity index (χ4n) is 1.02. The summed E-state index contributed by atoms with van der Waals surface area (Å²) in [4.78, 5) is 6.49. The van der Waals surface area contributed by atoms with E-state index in [9.17, 15) is 13.2 Å². The summed E-state index contributed by atoms with van der Waals surface area (Å²) in [5.74, 6) is -1.09. The Labute approximate surface area is 82.4 Å². The van der Waals surface area contributed by atoms with Gasteiger partial charge in [0.25, 0.3) is 0 Å². The lowest BCUT2D eigenvalue weighted by molar-refractivity contribution is -0.145. The van der Waals surface area contributed by atoms with Gasteiger partial charge in [-0.05, 0) is 6.07 Å². The van der Waals surface area contributed by atoms with Crippen LogP contribution in [-0.4, -0.2) is 19.7 Å². The molecule has 0 radical (unpaired) electrons. The number of halogens is 3. The molecule has 4 nitrogen and oxygen atoms in total. The van der Waals surface area contributed by atoms with E-state index >= 15 is 0 Å². The van der Waals surface area contributed by atoms with Gasteiger partial charge < -0.3 is 0 Å². The Morgan fingerprint density at radius 3 is 2.60 bits per heavy atom. The molecule has 0 atom stereocenters. The number of hydrogen-bond donors (Lipinski definition) is 0. The van der Waals surface area contributed by atoms with E-state index in [0.717, 1.165) is 6.20 Å². The van der Waals surface area contributed by atoms with Crippen LogP contribution < -0.4 is 0 Å². The average molecular weight is 214 g/mol.